The number of imidazole rings is 1. The molecule has 2 fully saturated rings. The highest BCUT2D eigenvalue weighted by Gasteiger charge is 2.48. The van der Waals surface area contributed by atoms with Crippen molar-refractivity contribution in [3.63, 3.8) is 0 Å². The third-order valence-corrected chi connectivity index (χ3v) is 5.64. The molecule has 0 radical (unpaired) electrons. The molecular weight excluding hydrogens is 352 g/mol. The number of hydrogen-bond acceptors (Lipinski definition) is 6. The van der Waals surface area contributed by atoms with Crippen LogP contribution in [-0.4, -0.2) is 90.4 Å². The van der Waals surface area contributed by atoms with Crippen molar-refractivity contribution >= 4 is 11.8 Å². The predicted octanol–water partition coefficient (Wildman–Crippen LogP) is -0.395. The zero-order valence-electron chi connectivity index (χ0n) is 15.6. The van der Waals surface area contributed by atoms with Gasteiger partial charge in [-0.1, -0.05) is 0 Å². The molecule has 0 N–H and O–H groups in total. The van der Waals surface area contributed by atoms with Gasteiger partial charge in [-0.3, -0.25) is 9.59 Å². The van der Waals surface area contributed by atoms with Gasteiger partial charge in [-0.15, -0.1) is 0 Å². The number of amides is 2. The molecule has 1 atom stereocenters. The van der Waals surface area contributed by atoms with E-state index in [2.05, 4.69) is 4.98 Å². The van der Waals surface area contributed by atoms with Gasteiger partial charge in [-0.25, -0.2) is 4.98 Å². The van der Waals surface area contributed by atoms with Crippen LogP contribution in [0.5, 0.6) is 0 Å². The molecule has 0 aliphatic carbocycles. The summed E-state index contributed by atoms with van der Waals surface area (Å²) in [7, 11) is 1.52. The van der Waals surface area contributed by atoms with Crippen LogP contribution in [0.15, 0.2) is 12.4 Å². The fourth-order valence-corrected chi connectivity index (χ4v) is 4.19. The monoisotopic (exact) mass is 378 g/mol. The Labute approximate surface area is 158 Å². The predicted molar refractivity (Wildman–Crippen MR) is 93.9 cm³/mol. The van der Waals surface area contributed by atoms with E-state index in [9.17, 15) is 9.59 Å². The molecule has 148 valence electrons. The summed E-state index contributed by atoms with van der Waals surface area (Å²) in [4.78, 5) is 33.2. The Morgan fingerprint density at radius 3 is 2.67 bits per heavy atom. The van der Waals surface area contributed by atoms with Gasteiger partial charge in [0.15, 0.2) is 6.10 Å². The van der Waals surface area contributed by atoms with E-state index in [1.54, 1.807) is 11.1 Å². The number of nitrogens with zero attached hydrogens (tertiary/aromatic N) is 4. The van der Waals surface area contributed by atoms with E-state index in [0.29, 0.717) is 58.8 Å². The quantitative estimate of drug-likeness (QED) is 0.712. The molecule has 2 amide bonds. The summed E-state index contributed by atoms with van der Waals surface area (Å²) >= 11 is 0. The van der Waals surface area contributed by atoms with Crippen molar-refractivity contribution < 1.29 is 23.8 Å². The van der Waals surface area contributed by atoms with E-state index in [0.717, 1.165) is 5.82 Å². The lowest BCUT2D eigenvalue weighted by atomic mass is 9.88. The van der Waals surface area contributed by atoms with Gasteiger partial charge in [0, 0.05) is 58.5 Å². The van der Waals surface area contributed by atoms with E-state index in [4.69, 9.17) is 14.2 Å². The molecule has 4 heterocycles. The number of ether oxygens (including phenoxy) is 3. The molecular formula is C18H26N4O5. The van der Waals surface area contributed by atoms with E-state index in [1.807, 2.05) is 15.7 Å². The number of morpholine rings is 1. The standard InChI is InChI=1S/C18H26N4O5/c1-25-13-15(23)20-5-2-18(3-6-20)17-19-4-7-22(17)12-14(27-18)16(24)21-8-10-26-11-9-21/h4,7,14H,2-3,5-6,8-13H2,1H3. The number of likely N-dealkylation sites (tertiary alicyclic amines) is 1. The number of fused-ring (bicyclic) bond motifs is 2. The van der Waals surface area contributed by atoms with Crippen LogP contribution >= 0.6 is 0 Å². The maximum Gasteiger partial charge on any atom is 0.253 e. The summed E-state index contributed by atoms with van der Waals surface area (Å²) < 4.78 is 18.7. The second kappa shape index (κ2) is 7.57. The minimum absolute atomic E-state index is 0.00918. The fraction of sp³-hybridized carbons (Fsp3) is 0.722. The highest BCUT2D eigenvalue weighted by Crippen LogP contribution is 2.40. The van der Waals surface area contributed by atoms with E-state index in [1.165, 1.54) is 7.11 Å². The highest BCUT2D eigenvalue weighted by molar-refractivity contribution is 5.81. The van der Waals surface area contributed by atoms with Crippen LogP contribution in [0.3, 0.4) is 0 Å². The van der Waals surface area contributed by atoms with Crippen molar-refractivity contribution in [3.8, 4) is 0 Å². The smallest absolute Gasteiger partial charge is 0.253 e. The lowest BCUT2D eigenvalue weighted by Gasteiger charge is -2.46. The van der Waals surface area contributed by atoms with Crippen LogP contribution in [-0.2, 0) is 35.9 Å². The van der Waals surface area contributed by atoms with Crippen molar-refractivity contribution in [2.75, 3.05) is 53.1 Å². The molecule has 9 nitrogen and oxygen atoms in total. The molecule has 4 rings (SSSR count). The molecule has 1 spiro atoms. The minimum atomic E-state index is -0.627. The first kappa shape index (κ1) is 18.4. The Morgan fingerprint density at radius 2 is 1.96 bits per heavy atom. The molecule has 1 aromatic heterocycles. The van der Waals surface area contributed by atoms with Crippen molar-refractivity contribution in [2.45, 2.75) is 31.1 Å². The third kappa shape index (κ3) is 3.46. The highest BCUT2D eigenvalue weighted by atomic mass is 16.5. The molecule has 3 aliphatic heterocycles. The Hall–Kier alpha value is -1.97. The average molecular weight is 378 g/mol. The lowest BCUT2D eigenvalue weighted by molar-refractivity contribution is -0.185. The SMILES string of the molecule is COCC(=O)N1CCC2(CC1)OC(C(=O)N1CCOCC1)Cn1ccnc12. The second-order valence-corrected chi connectivity index (χ2v) is 7.26. The molecule has 0 saturated carbocycles. The number of rotatable bonds is 3. The van der Waals surface area contributed by atoms with Gasteiger partial charge in [-0.05, 0) is 0 Å². The number of piperidine rings is 1. The summed E-state index contributed by atoms with van der Waals surface area (Å²) in [5.74, 6) is 0.842. The summed E-state index contributed by atoms with van der Waals surface area (Å²) in [6, 6.07) is 0. The van der Waals surface area contributed by atoms with Crippen molar-refractivity contribution in [1.29, 1.82) is 0 Å². The topological polar surface area (TPSA) is 86.1 Å². The summed E-state index contributed by atoms with van der Waals surface area (Å²) in [5.41, 5.74) is -0.627. The van der Waals surface area contributed by atoms with E-state index in [-0.39, 0.29) is 18.4 Å². The van der Waals surface area contributed by atoms with Gasteiger partial charge in [-0.2, -0.15) is 0 Å². The molecule has 0 aromatic carbocycles. The Morgan fingerprint density at radius 1 is 1.22 bits per heavy atom. The van der Waals surface area contributed by atoms with Crippen molar-refractivity contribution in [3.05, 3.63) is 18.2 Å². The van der Waals surface area contributed by atoms with Crippen molar-refractivity contribution in [2.24, 2.45) is 0 Å². The molecule has 2 saturated heterocycles. The van der Waals surface area contributed by atoms with Crippen LogP contribution in [0.25, 0.3) is 0 Å². The maximum atomic E-state index is 13.0. The maximum absolute atomic E-state index is 13.0. The Kier molecular flexibility index (Phi) is 5.16. The van der Waals surface area contributed by atoms with E-state index >= 15 is 0 Å². The first-order valence-corrected chi connectivity index (χ1v) is 9.46. The van der Waals surface area contributed by atoms with Crippen LogP contribution in [0, 0.1) is 0 Å². The lowest BCUT2D eigenvalue weighted by Crippen LogP contribution is -2.56. The normalized spacial score (nSPS) is 24.7. The number of carbonyl (C=O) groups is 2. The van der Waals surface area contributed by atoms with Crippen LogP contribution < -0.4 is 0 Å². The average Bonchev–Trinajstić information content (AvgIpc) is 3.18. The van der Waals surface area contributed by atoms with Gasteiger partial charge in [0.2, 0.25) is 5.91 Å². The van der Waals surface area contributed by atoms with Crippen molar-refractivity contribution in [1.82, 2.24) is 19.4 Å². The summed E-state index contributed by atoms with van der Waals surface area (Å²) in [6.45, 7) is 4.01. The molecule has 1 aromatic rings. The summed E-state index contributed by atoms with van der Waals surface area (Å²) in [5, 5.41) is 0. The molecule has 3 aliphatic rings. The second-order valence-electron chi connectivity index (χ2n) is 7.26. The minimum Gasteiger partial charge on any atom is -0.378 e. The fourth-order valence-electron chi connectivity index (χ4n) is 4.19. The van der Waals surface area contributed by atoms with Crippen LogP contribution in [0.4, 0.5) is 0 Å². The van der Waals surface area contributed by atoms with Gasteiger partial charge in [0.25, 0.3) is 5.91 Å². The van der Waals surface area contributed by atoms with Crippen LogP contribution in [0.1, 0.15) is 18.7 Å². The summed E-state index contributed by atoms with van der Waals surface area (Å²) in [6.07, 6.45) is 4.36. The van der Waals surface area contributed by atoms with Crippen LogP contribution in [0.2, 0.25) is 0 Å². The largest absolute Gasteiger partial charge is 0.378 e. The Balaban J connectivity index is 1.51. The number of hydrogen-bond donors (Lipinski definition) is 0. The first-order valence-electron chi connectivity index (χ1n) is 9.46. The van der Waals surface area contributed by atoms with Gasteiger partial charge >= 0.3 is 0 Å². The number of carbonyl (C=O) groups excluding carboxylic acids is 2. The van der Waals surface area contributed by atoms with E-state index < -0.39 is 11.7 Å². The van der Waals surface area contributed by atoms with Gasteiger partial charge in [0.05, 0.1) is 19.8 Å². The molecule has 1 unspecified atom stereocenters. The number of methoxy groups -OCH3 is 1. The number of aromatic nitrogens is 2. The molecule has 27 heavy (non-hydrogen) atoms. The zero-order chi connectivity index (χ0) is 18.9. The molecule has 0 bridgehead atoms. The Bertz CT molecular complexity index is 692. The zero-order valence-corrected chi connectivity index (χ0v) is 15.6. The van der Waals surface area contributed by atoms with Gasteiger partial charge < -0.3 is 28.6 Å². The first-order chi connectivity index (χ1) is 13.1. The molecule has 9 heteroatoms. The van der Waals surface area contributed by atoms with Gasteiger partial charge in [0.1, 0.15) is 18.0 Å². The third-order valence-electron chi connectivity index (χ3n) is 5.64.